The molecular formula is C24H27ClN2O3S. The first-order valence-electron chi connectivity index (χ1n) is 10.4. The molecule has 0 saturated carbocycles. The summed E-state index contributed by atoms with van der Waals surface area (Å²) in [4.78, 5) is 20.1. The lowest BCUT2D eigenvalue weighted by atomic mass is 10.1. The second kappa shape index (κ2) is 10.7. The van der Waals surface area contributed by atoms with Crippen LogP contribution in [0.4, 0.5) is 5.69 Å². The summed E-state index contributed by atoms with van der Waals surface area (Å²) in [6.07, 6.45) is 3.54. The SMILES string of the molecule is CCCN1C(=O)/C(=C/c2cc(Cl)c(O[C@H](C)CC)c(OC)c2)SC1=Nc1ccccc1. The van der Waals surface area contributed by atoms with Crippen molar-refractivity contribution in [1.29, 1.82) is 0 Å². The summed E-state index contributed by atoms with van der Waals surface area (Å²) in [5.41, 5.74) is 1.59. The minimum absolute atomic E-state index is 0.0157. The number of hydrogen-bond acceptors (Lipinski definition) is 5. The fourth-order valence-corrected chi connectivity index (χ4v) is 4.29. The van der Waals surface area contributed by atoms with E-state index in [4.69, 9.17) is 21.1 Å². The van der Waals surface area contributed by atoms with E-state index in [2.05, 4.69) is 4.99 Å². The zero-order chi connectivity index (χ0) is 22.4. The van der Waals surface area contributed by atoms with Crippen molar-refractivity contribution in [3.05, 3.63) is 58.0 Å². The average Bonchev–Trinajstić information content (AvgIpc) is 3.05. The zero-order valence-corrected chi connectivity index (χ0v) is 19.8. The molecule has 0 aromatic heterocycles. The van der Waals surface area contributed by atoms with Gasteiger partial charge in [0, 0.05) is 6.54 Å². The van der Waals surface area contributed by atoms with Crippen molar-refractivity contribution in [2.24, 2.45) is 4.99 Å². The monoisotopic (exact) mass is 458 g/mol. The van der Waals surface area contributed by atoms with E-state index in [1.807, 2.05) is 63.2 Å². The Kier molecular flexibility index (Phi) is 8.04. The van der Waals surface area contributed by atoms with Crippen molar-refractivity contribution in [2.45, 2.75) is 39.7 Å². The number of hydrogen-bond donors (Lipinski definition) is 0. The van der Waals surface area contributed by atoms with E-state index in [0.29, 0.717) is 33.1 Å². The summed E-state index contributed by atoms with van der Waals surface area (Å²) in [5.74, 6) is 1.00. The third-order valence-electron chi connectivity index (χ3n) is 4.76. The van der Waals surface area contributed by atoms with Crippen LogP contribution in [0.1, 0.15) is 39.2 Å². The van der Waals surface area contributed by atoms with Crippen molar-refractivity contribution < 1.29 is 14.3 Å². The van der Waals surface area contributed by atoms with Gasteiger partial charge < -0.3 is 9.47 Å². The first kappa shape index (κ1) is 23.2. The largest absolute Gasteiger partial charge is 0.493 e. The third kappa shape index (κ3) is 5.63. The van der Waals surface area contributed by atoms with Crippen LogP contribution in [0, 0.1) is 0 Å². The molecule has 1 amide bonds. The van der Waals surface area contributed by atoms with Crippen LogP contribution in [0.3, 0.4) is 0 Å². The maximum absolute atomic E-state index is 13.1. The highest BCUT2D eigenvalue weighted by Crippen LogP contribution is 2.40. The number of methoxy groups -OCH3 is 1. The second-order valence-electron chi connectivity index (χ2n) is 7.17. The molecule has 0 aliphatic carbocycles. The molecular weight excluding hydrogens is 432 g/mol. The maximum Gasteiger partial charge on any atom is 0.266 e. The number of nitrogens with zero attached hydrogens (tertiary/aromatic N) is 2. The molecule has 5 nitrogen and oxygen atoms in total. The topological polar surface area (TPSA) is 51.1 Å². The van der Waals surface area contributed by atoms with Crippen molar-refractivity contribution in [3.63, 3.8) is 0 Å². The normalized spacial score (nSPS) is 17.5. The summed E-state index contributed by atoms with van der Waals surface area (Å²) >= 11 is 7.86. The molecule has 1 fully saturated rings. The Morgan fingerprint density at radius 2 is 1.97 bits per heavy atom. The molecule has 3 rings (SSSR count). The first-order chi connectivity index (χ1) is 15.0. The molecule has 31 heavy (non-hydrogen) atoms. The number of ether oxygens (including phenoxy) is 2. The van der Waals surface area contributed by atoms with Gasteiger partial charge in [0.25, 0.3) is 5.91 Å². The first-order valence-corrected chi connectivity index (χ1v) is 11.6. The number of benzene rings is 2. The van der Waals surface area contributed by atoms with E-state index in [1.54, 1.807) is 18.1 Å². The van der Waals surface area contributed by atoms with Gasteiger partial charge in [0.2, 0.25) is 0 Å². The van der Waals surface area contributed by atoms with E-state index < -0.39 is 0 Å². The Labute approximate surface area is 193 Å². The number of thioether (sulfide) groups is 1. The lowest BCUT2D eigenvalue weighted by Crippen LogP contribution is -2.29. The molecule has 0 N–H and O–H groups in total. The molecule has 0 spiro atoms. The van der Waals surface area contributed by atoms with Gasteiger partial charge in [0.15, 0.2) is 16.7 Å². The Morgan fingerprint density at radius 1 is 1.23 bits per heavy atom. The second-order valence-corrected chi connectivity index (χ2v) is 8.58. The molecule has 0 bridgehead atoms. The number of amidine groups is 1. The number of rotatable bonds is 8. The van der Waals surface area contributed by atoms with Crippen LogP contribution < -0.4 is 9.47 Å². The van der Waals surface area contributed by atoms with Crippen LogP contribution in [-0.4, -0.2) is 35.7 Å². The van der Waals surface area contributed by atoms with Gasteiger partial charge in [0.1, 0.15) is 0 Å². The van der Waals surface area contributed by atoms with Crippen LogP contribution in [0.25, 0.3) is 6.08 Å². The Bertz CT molecular complexity index is 992. The van der Waals surface area contributed by atoms with Crippen LogP contribution in [0.2, 0.25) is 5.02 Å². The van der Waals surface area contributed by atoms with E-state index in [0.717, 1.165) is 24.1 Å². The van der Waals surface area contributed by atoms with Gasteiger partial charge in [-0.25, -0.2) is 4.99 Å². The van der Waals surface area contributed by atoms with E-state index in [9.17, 15) is 4.79 Å². The van der Waals surface area contributed by atoms with Gasteiger partial charge in [-0.15, -0.1) is 0 Å². The Morgan fingerprint density at radius 3 is 2.61 bits per heavy atom. The molecule has 2 aromatic carbocycles. The van der Waals surface area contributed by atoms with Gasteiger partial charge in [0.05, 0.1) is 28.8 Å². The van der Waals surface area contributed by atoms with Crippen LogP contribution >= 0.6 is 23.4 Å². The molecule has 1 heterocycles. The number of halogens is 1. The fraction of sp³-hybridized carbons (Fsp3) is 0.333. The van der Waals surface area contributed by atoms with Crippen molar-refractivity contribution in [1.82, 2.24) is 4.90 Å². The molecule has 164 valence electrons. The van der Waals surface area contributed by atoms with Crippen molar-refractivity contribution in [3.8, 4) is 11.5 Å². The lowest BCUT2D eigenvalue weighted by molar-refractivity contribution is -0.122. The smallest absolute Gasteiger partial charge is 0.266 e. The molecule has 1 aliphatic heterocycles. The molecule has 7 heteroatoms. The summed E-state index contributed by atoms with van der Waals surface area (Å²) in [6.45, 7) is 6.68. The van der Waals surface area contributed by atoms with E-state index >= 15 is 0 Å². The fourth-order valence-electron chi connectivity index (χ4n) is 3.00. The average molecular weight is 459 g/mol. The quantitative estimate of drug-likeness (QED) is 0.421. The van der Waals surface area contributed by atoms with Gasteiger partial charge in [-0.05, 0) is 67.4 Å². The number of para-hydroxylation sites is 1. The standard InChI is InChI=1S/C24H27ClN2O3S/c1-5-12-27-23(28)21(31-24(27)26-18-10-8-7-9-11-18)15-17-13-19(25)22(20(14-17)29-4)30-16(3)6-2/h7-11,13-16H,5-6,12H2,1-4H3/b21-15-,26-24?/t16-/m1/s1. The molecule has 0 unspecified atom stereocenters. The maximum atomic E-state index is 13.1. The summed E-state index contributed by atoms with van der Waals surface area (Å²) in [7, 11) is 1.58. The van der Waals surface area contributed by atoms with Gasteiger partial charge >= 0.3 is 0 Å². The van der Waals surface area contributed by atoms with Gasteiger partial charge in [-0.3, -0.25) is 9.69 Å². The number of aliphatic imine (C=N–C) groups is 1. The highest BCUT2D eigenvalue weighted by atomic mass is 35.5. The van der Waals surface area contributed by atoms with Crippen LogP contribution in [0.5, 0.6) is 11.5 Å². The highest BCUT2D eigenvalue weighted by molar-refractivity contribution is 8.18. The molecule has 2 aromatic rings. The third-order valence-corrected chi connectivity index (χ3v) is 6.05. The molecule has 1 saturated heterocycles. The zero-order valence-electron chi connectivity index (χ0n) is 18.2. The lowest BCUT2D eigenvalue weighted by Gasteiger charge is -2.17. The molecule has 1 atom stereocenters. The Balaban J connectivity index is 1.94. The van der Waals surface area contributed by atoms with Gasteiger partial charge in [-0.2, -0.15) is 0 Å². The minimum Gasteiger partial charge on any atom is -0.493 e. The molecule has 0 radical (unpaired) electrons. The summed E-state index contributed by atoms with van der Waals surface area (Å²) < 4.78 is 11.4. The highest BCUT2D eigenvalue weighted by Gasteiger charge is 2.33. The van der Waals surface area contributed by atoms with Crippen molar-refractivity contribution >= 4 is 46.2 Å². The number of carbonyl (C=O) groups excluding carboxylic acids is 1. The van der Waals surface area contributed by atoms with Crippen LogP contribution in [-0.2, 0) is 4.79 Å². The molecule has 1 aliphatic rings. The van der Waals surface area contributed by atoms with E-state index in [1.165, 1.54) is 11.8 Å². The predicted octanol–water partition coefficient (Wildman–Crippen LogP) is 6.54. The van der Waals surface area contributed by atoms with Crippen LogP contribution in [0.15, 0.2) is 52.4 Å². The number of carbonyl (C=O) groups is 1. The van der Waals surface area contributed by atoms with E-state index in [-0.39, 0.29) is 12.0 Å². The Hall–Kier alpha value is -2.44. The predicted molar refractivity (Wildman–Crippen MR) is 129 cm³/mol. The summed E-state index contributed by atoms with van der Waals surface area (Å²) in [6, 6.07) is 13.3. The minimum atomic E-state index is -0.0587. The summed E-state index contributed by atoms with van der Waals surface area (Å²) in [5, 5.41) is 1.13. The van der Waals surface area contributed by atoms with Crippen molar-refractivity contribution in [2.75, 3.05) is 13.7 Å². The van der Waals surface area contributed by atoms with Gasteiger partial charge in [-0.1, -0.05) is 43.6 Å². The number of amides is 1.